The van der Waals surface area contributed by atoms with Crippen LogP contribution in [0.1, 0.15) is 35.7 Å². The zero-order chi connectivity index (χ0) is 21.7. The topological polar surface area (TPSA) is 62.3 Å². The third kappa shape index (κ3) is 4.69. The molecule has 1 saturated heterocycles. The number of likely N-dealkylation sites (tertiary alicyclic amines) is 1. The predicted octanol–water partition coefficient (Wildman–Crippen LogP) is 4.41. The Morgan fingerprint density at radius 3 is 2.58 bits per heavy atom. The Morgan fingerprint density at radius 1 is 1.13 bits per heavy atom. The Kier molecular flexibility index (Phi) is 6.47. The van der Waals surface area contributed by atoms with E-state index in [1.54, 1.807) is 35.9 Å². The van der Waals surface area contributed by atoms with E-state index in [9.17, 15) is 9.59 Å². The third-order valence-electron chi connectivity index (χ3n) is 5.91. The molecule has 3 heterocycles. The largest absolute Gasteiger partial charge is 0.356 e. The summed E-state index contributed by atoms with van der Waals surface area (Å²) in [5, 5.41) is 5.10. The van der Waals surface area contributed by atoms with Crippen molar-refractivity contribution in [3.63, 3.8) is 0 Å². The van der Waals surface area contributed by atoms with Gasteiger partial charge in [0.25, 0.3) is 5.91 Å². The number of amides is 2. The van der Waals surface area contributed by atoms with Crippen LogP contribution in [0, 0.1) is 5.41 Å². The highest BCUT2D eigenvalue weighted by atomic mass is 32.1. The van der Waals surface area contributed by atoms with E-state index in [1.807, 2.05) is 11.8 Å². The first-order valence-corrected chi connectivity index (χ1v) is 11.6. The molecule has 0 saturated carbocycles. The Balaban J connectivity index is 1.58. The molecule has 0 radical (unpaired) electrons. The van der Waals surface area contributed by atoms with Crippen LogP contribution >= 0.6 is 11.3 Å². The molecule has 6 heteroatoms. The van der Waals surface area contributed by atoms with Gasteiger partial charge in [-0.3, -0.25) is 14.6 Å². The summed E-state index contributed by atoms with van der Waals surface area (Å²) in [6, 6.07) is 16.1. The van der Waals surface area contributed by atoms with Crippen molar-refractivity contribution in [3.8, 4) is 10.4 Å². The fourth-order valence-electron chi connectivity index (χ4n) is 4.36. The van der Waals surface area contributed by atoms with Gasteiger partial charge in [-0.05, 0) is 60.9 Å². The van der Waals surface area contributed by atoms with Gasteiger partial charge in [-0.2, -0.15) is 0 Å². The molecule has 0 spiro atoms. The average molecular weight is 434 g/mol. The van der Waals surface area contributed by atoms with Crippen LogP contribution in [0.5, 0.6) is 0 Å². The molecule has 2 amide bonds. The lowest BCUT2D eigenvalue weighted by Gasteiger charge is -2.42. The van der Waals surface area contributed by atoms with Crippen molar-refractivity contribution in [2.45, 2.75) is 26.2 Å². The van der Waals surface area contributed by atoms with Crippen molar-refractivity contribution in [1.82, 2.24) is 15.2 Å². The Hall–Kier alpha value is -2.99. The normalized spacial score (nSPS) is 18.5. The summed E-state index contributed by atoms with van der Waals surface area (Å²) in [5.41, 5.74) is 2.29. The van der Waals surface area contributed by atoms with E-state index >= 15 is 0 Å². The maximum atomic E-state index is 13.2. The Morgan fingerprint density at radius 2 is 1.90 bits per heavy atom. The van der Waals surface area contributed by atoms with E-state index in [0.717, 1.165) is 18.4 Å². The smallest absolute Gasteiger partial charge is 0.253 e. The number of piperidine rings is 1. The van der Waals surface area contributed by atoms with Crippen LogP contribution in [0.2, 0.25) is 0 Å². The van der Waals surface area contributed by atoms with E-state index in [-0.39, 0.29) is 11.8 Å². The number of benzene rings is 1. The molecule has 3 aromatic rings. The first-order chi connectivity index (χ1) is 15.1. The summed E-state index contributed by atoms with van der Waals surface area (Å²) in [7, 11) is 0. The van der Waals surface area contributed by atoms with Gasteiger partial charge in [-0.25, -0.2) is 0 Å². The van der Waals surface area contributed by atoms with E-state index < -0.39 is 5.41 Å². The zero-order valence-corrected chi connectivity index (χ0v) is 18.5. The first-order valence-electron chi connectivity index (χ1n) is 10.7. The molecule has 5 nitrogen and oxygen atoms in total. The molecule has 1 aliphatic rings. The Labute approximate surface area is 187 Å². The van der Waals surface area contributed by atoms with Gasteiger partial charge in [0.1, 0.15) is 0 Å². The molecular formula is C25H27N3O2S. The van der Waals surface area contributed by atoms with Gasteiger partial charge in [0, 0.05) is 42.5 Å². The van der Waals surface area contributed by atoms with Gasteiger partial charge in [0.15, 0.2) is 0 Å². The van der Waals surface area contributed by atoms with Crippen LogP contribution in [0.25, 0.3) is 10.4 Å². The second-order valence-corrected chi connectivity index (χ2v) is 9.00. The highest BCUT2D eigenvalue weighted by molar-refractivity contribution is 7.13. The predicted molar refractivity (Wildman–Crippen MR) is 124 cm³/mol. The summed E-state index contributed by atoms with van der Waals surface area (Å²) < 4.78 is 0. The molecule has 2 aromatic heterocycles. The van der Waals surface area contributed by atoms with Crippen molar-refractivity contribution in [2.75, 3.05) is 19.6 Å². The molecule has 1 fully saturated rings. The molecule has 0 unspecified atom stereocenters. The summed E-state index contributed by atoms with van der Waals surface area (Å²) in [5.74, 6) is -0.00613. The van der Waals surface area contributed by atoms with Gasteiger partial charge in [0.05, 0.1) is 5.41 Å². The van der Waals surface area contributed by atoms with E-state index in [2.05, 4.69) is 52.1 Å². The monoisotopic (exact) mass is 433 g/mol. The molecule has 1 aliphatic heterocycles. The minimum atomic E-state index is -0.624. The second kappa shape index (κ2) is 9.43. The molecule has 4 rings (SSSR count). The summed E-state index contributed by atoms with van der Waals surface area (Å²) in [6.07, 6.45) is 5.45. The van der Waals surface area contributed by atoms with Crippen molar-refractivity contribution in [3.05, 3.63) is 77.4 Å². The number of rotatable bonds is 6. The van der Waals surface area contributed by atoms with Crippen molar-refractivity contribution in [1.29, 1.82) is 0 Å². The van der Waals surface area contributed by atoms with Gasteiger partial charge < -0.3 is 10.2 Å². The first kappa shape index (κ1) is 21.2. The van der Waals surface area contributed by atoms with E-state index in [1.165, 1.54) is 10.4 Å². The lowest BCUT2D eigenvalue weighted by molar-refractivity contribution is -0.133. The molecule has 31 heavy (non-hydrogen) atoms. The van der Waals surface area contributed by atoms with Crippen LogP contribution in [-0.2, 0) is 11.2 Å². The number of nitrogens with zero attached hydrogens (tertiary/aromatic N) is 2. The van der Waals surface area contributed by atoms with Crippen molar-refractivity contribution < 1.29 is 9.59 Å². The number of pyridine rings is 1. The van der Waals surface area contributed by atoms with E-state index in [0.29, 0.717) is 31.6 Å². The molecule has 1 N–H and O–H groups in total. The number of carbonyl (C=O) groups is 2. The van der Waals surface area contributed by atoms with Crippen LogP contribution in [0.15, 0.2) is 66.3 Å². The molecule has 0 bridgehead atoms. The van der Waals surface area contributed by atoms with Crippen molar-refractivity contribution in [2.24, 2.45) is 5.41 Å². The minimum absolute atomic E-state index is 0.0320. The number of nitrogens with one attached hydrogen (secondary N) is 1. The van der Waals surface area contributed by atoms with Crippen LogP contribution in [0.3, 0.4) is 0 Å². The van der Waals surface area contributed by atoms with Gasteiger partial charge >= 0.3 is 0 Å². The summed E-state index contributed by atoms with van der Waals surface area (Å²) >= 11 is 1.72. The molecule has 1 aromatic carbocycles. The fraction of sp³-hybridized carbons (Fsp3) is 0.320. The SMILES string of the molecule is CCNC(=O)[C@@]1(Cc2ccc(-c3cccs3)cc2)CCCN(C(=O)c2ccncc2)C1. The number of aromatic nitrogens is 1. The summed E-state index contributed by atoms with van der Waals surface area (Å²) in [6.45, 7) is 3.60. The summed E-state index contributed by atoms with van der Waals surface area (Å²) in [4.78, 5) is 33.4. The van der Waals surface area contributed by atoms with Gasteiger partial charge in [-0.15, -0.1) is 11.3 Å². The van der Waals surface area contributed by atoms with Gasteiger partial charge in [-0.1, -0.05) is 30.3 Å². The zero-order valence-electron chi connectivity index (χ0n) is 17.7. The minimum Gasteiger partial charge on any atom is -0.356 e. The van der Waals surface area contributed by atoms with Crippen LogP contribution < -0.4 is 5.32 Å². The standard InChI is InChI=1S/C25H27N3O2S/c1-2-27-24(30)25(17-19-6-8-20(9-7-19)22-5-3-16-31-22)12-4-15-28(18-25)23(29)21-10-13-26-14-11-21/h3,5-11,13-14,16H,2,4,12,15,17-18H2,1H3,(H,27,30)/t25-/m1/s1. The molecular weight excluding hydrogens is 406 g/mol. The number of carbonyl (C=O) groups excluding carboxylic acids is 2. The molecule has 0 aliphatic carbocycles. The average Bonchev–Trinajstić information content (AvgIpc) is 3.35. The number of hydrogen-bond donors (Lipinski definition) is 1. The lowest BCUT2D eigenvalue weighted by Crippen LogP contribution is -2.54. The molecule has 1 atom stereocenters. The van der Waals surface area contributed by atoms with Crippen LogP contribution in [-0.4, -0.2) is 41.3 Å². The van der Waals surface area contributed by atoms with E-state index in [4.69, 9.17) is 0 Å². The maximum absolute atomic E-state index is 13.2. The number of hydrogen-bond acceptors (Lipinski definition) is 4. The molecule has 160 valence electrons. The van der Waals surface area contributed by atoms with Gasteiger partial charge in [0.2, 0.25) is 5.91 Å². The van der Waals surface area contributed by atoms with Crippen molar-refractivity contribution >= 4 is 23.2 Å². The third-order valence-corrected chi connectivity index (χ3v) is 6.83. The fourth-order valence-corrected chi connectivity index (χ4v) is 5.09. The maximum Gasteiger partial charge on any atom is 0.253 e. The Bertz CT molecular complexity index is 1020. The number of thiophene rings is 1. The highest BCUT2D eigenvalue weighted by Gasteiger charge is 2.43. The van der Waals surface area contributed by atoms with Crippen LogP contribution in [0.4, 0.5) is 0 Å². The second-order valence-electron chi connectivity index (χ2n) is 8.06. The highest BCUT2D eigenvalue weighted by Crippen LogP contribution is 2.35. The quantitative estimate of drug-likeness (QED) is 0.626. The lowest BCUT2D eigenvalue weighted by atomic mass is 9.74.